The van der Waals surface area contributed by atoms with Crippen molar-refractivity contribution in [3.05, 3.63) is 65.5 Å². The summed E-state index contributed by atoms with van der Waals surface area (Å²) in [5.74, 6) is 0.158. The van der Waals surface area contributed by atoms with Crippen LogP contribution in [-0.2, 0) is 10.5 Å². The van der Waals surface area contributed by atoms with Gasteiger partial charge < -0.3 is 4.74 Å². The van der Waals surface area contributed by atoms with E-state index in [0.29, 0.717) is 23.6 Å². The molecule has 136 valence electrons. The van der Waals surface area contributed by atoms with Crippen LogP contribution in [0.5, 0.6) is 0 Å². The van der Waals surface area contributed by atoms with Crippen LogP contribution >= 0.6 is 11.8 Å². The molecule has 0 N–H and O–H groups in total. The van der Waals surface area contributed by atoms with Crippen LogP contribution in [0.25, 0.3) is 16.6 Å². The van der Waals surface area contributed by atoms with Gasteiger partial charge in [0.1, 0.15) is 0 Å². The minimum Gasteiger partial charge on any atom is -0.462 e. The molecule has 27 heavy (non-hydrogen) atoms. The number of hydrogen-bond acceptors (Lipinski definition) is 6. The normalized spacial score (nSPS) is 11.2. The van der Waals surface area contributed by atoms with Crippen molar-refractivity contribution in [3.63, 3.8) is 0 Å². The minimum absolute atomic E-state index is 0.326. The maximum absolute atomic E-state index is 12.6. The van der Waals surface area contributed by atoms with Gasteiger partial charge in [-0.15, -0.1) is 10.2 Å². The molecule has 0 aliphatic rings. The van der Waals surface area contributed by atoms with E-state index in [-0.39, 0.29) is 5.97 Å². The fourth-order valence-corrected chi connectivity index (χ4v) is 3.94. The lowest BCUT2D eigenvalue weighted by molar-refractivity contribution is 0.0524. The Balaban J connectivity index is 1.75. The fourth-order valence-electron chi connectivity index (χ4n) is 3.07. The number of ether oxygens (including phenoxy) is 1. The van der Waals surface area contributed by atoms with E-state index in [9.17, 15) is 4.79 Å². The third kappa shape index (κ3) is 3.26. The lowest BCUT2D eigenvalue weighted by atomic mass is 10.0. The molecule has 3 heterocycles. The quantitative estimate of drug-likeness (QED) is 0.385. The minimum atomic E-state index is -0.338. The summed E-state index contributed by atoms with van der Waals surface area (Å²) < 4.78 is 7.20. The molecule has 0 aliphatic carbocycles. The lowest BCUT2D eigenvalue weighted by Gasteiger charge is -2.13. The van der Waals surface area contributed by atoms with Crippen LogP contribution < -0.4 is 0 Å². The Morgan fingerprint density at radius 2 is 1.96 bits per heavy atom. The molecule has 0 bridgehead atoms. The zero-order valence-corrected chi connectivity index (χ0v) is 15.9. The van der Waals surface area contributed by atoms with Crippen LogP contribution in [0.15, 0.2) is 53.8 Å². The number of benzene rings is 1. The number of aromatic nitrogens is 4. The Morgan fingerprint density at radius 1 is 1.15 bits per heavy atom. The van der Waals surface area contributed by atoms with Crippen molar-refractivity contribution in [2.24, 2.45) is 0 Å². The van der Waals surface area contributed by atoms with Crippen LogP contribution in [0.4, 0.5) is 0 Å². The molecule has 0 saturated heterocycles. The highest BCUT2D eigenvalue weighted by molar-refractivity contribution is 7.98. The Labute approximate surface area is 160 Å². The molecule has 0 atom stereocenters. The van der Waals surface area contributed by atoms with Gasteiger partial charge in [0.25, 0.3) is 0 Å². The van der Waals surface area contributed by atoms with Gasteiger partial charge in [0.15, 0.2) is 10.8 Å². The van der Waals surface area contributed by atoms with Crippen LogP contribution in [0.1, 0.15) is 28.5 Å². The molecular formula is C20H18N4O2S. The van der Waals surface area contributed by atoms with E-state index < -0.39 is 0 Å². The molecule has 0 radical (unpaired) electrons. The smallest absolute Gasteiger partial charge is 0.340 e. The van der Waals surface area contributed by atoms with Crippen molar-refractivity contribution in [1.82, 2.24) is 19.6 Å². The van der Waals surface area contributed by atoms with Gasteiger partial charge in [-0.05, 0) is 37.6 Å². The monoisotopic (exact) mass is 378 g/mol. The van der Waals surface area contributed by atoms with Gasteiger partial charge in [-0.1, -0.05) is 36.0 Å². The highest BCUT2D eigenvalue weighted by Gasteiger charge is 2.20. The Bertz CT molecular complexity index is 1140. The molecule has 0 unspecified atom stereocenters. The zero-order valence-electron chi connectivity index (χ0n) is 15.0. The van der Waals surface area contributed by atoms with Gasteiger partial charge in [-0.3, -0.25) is 9.38 Å². The van der Waals surface area contributed by atoms with Crippen molar-refractivity contribution in [2.75, 3.05) is 6.61 Å². The van der Waals surface area contributed by atoms with Crippen molar-refractivity contribution in [3.8, 4) is 0 Å². The molecule has 4 rings (SSSR count). The van der Waals surface area contributed by atoms with Crippen LogP contribution in [0.3, 0.4) is 0 Å². The van der Waals surface area contributed by atoms with Gasteiger partial charge in [0, 0.05) is 17.3 Å². The average Bonchev–Trinajstić information content (AvgIpc) is 3.10. The van der Waals surface area contributed by atoms with Crippen LogP contribution in [-0.4, -0.2) is 32.2 Å². The van der Waals surface area contributed by atoms with Gasteiger partial charge >= 0.3 is 5.97 Å². The molecule has 0 amide bonds. The summed E-state index contributed by atoms with van der Waals surface area (Å²) in [5, 5.41) is 10.1. The molecule has 1 aromatic carbocycles. The summed E-state index contributed by atoms with van der Waals surface area (Å²) in [6.07, 6.45) is 1.92. The predicted octanol–water partition coefficient (Wildman–Crippen LogP) is 4.05. The SMILES string of the molecule is CCOC(=O)c1c(CSc2nnc3ccccn23)nc2ccccc2c1C. The number of nitrogens with zero attached hydrogens (tertiary/aromatic N) is 4. The first-order chi connectivity index (χ1) is 13.2. The summed E-state index contributed by atoms with van der Waals surface area (Å²) in [6.45, 7) is 4.07. The van der Waals surface area contributed by atoms with Crippen LogP contribution in [0, 0.1) is 6.92 Å². The van der Waals surface area contributed by atoms with Gasteiger partial charge in [-0.2, -0.15) is 0 Å². The third-order valence-corrected chi connectivity index (χ3v) is 5.28. The first-order valence-corrected chi connectivity index (χ1v) is 9.65. The molecule has 4 aromatic rings. The van der Waals surface area contributed by atoms with Crippen molar-refractivity contribution >= 4 is 34.3 Å². The number of carbonyl (C=O) groups excluding carboxylic acids is 1. The van der Waals surface area contributed by atoms with Crippen molar-refractivity contribution < 1.29 is 9.53 Å². The van der Waals surface area contributed by atoms with E-state index in [2.05, 4.69) is 10.2 Å². The largest absolute Gasteiger partial charge is 0.462 e. The molecule has 0 spiro atoms. The second-order valence-electron chi connectivity index (χ2n) is 6.00. The topological polar surface area (TPSA) is 69.4 Å². The zero-order chi connectivity index (χ0) is 18.8. The standard InChI is InChI=1S/C20H18N4O2S/c1-3-26-19(25)18-13(2)14-8-4-5-9-15(14)21-16(18)12-27-20-23-22-17-10-6-7-11-24(17)20/h4-11H,3,12H2,1-2H3. The molecular weight excluding hydrogens is 360 g/mol. The molecule has 0 fully saturated rings. The van der Waals surface area contributed by atoms with Crippen LogP contribution in [0.2, 0.25) is 0 Å². The lowest BCUT2D eigenvalue weighted by Crippen LogP contribution is -2.12. The van der Waals surface area contributed by atoms with E-state index in [0.717, 1.165) is 27.3 Å². The second-order valence-corrected chi connectivity index (χ2v) is 6.94. The number of thioether (sulfide) groups is 1. The fraction of sp³-hybridized carbons (Fsp3) is 0.200. The number of aryl methyl sites for hydroxylation is 1. The predicted molar refractivity (Wildman–Crippen MR) is 105 cm³/mol. The van der Waals surface area contributed by atoms with Gasteiger partial charge in [0.2, 0.25) is 0 Å². The summed E-state index contributed by atoms with van der Waals surface area (Å²) in [5.41, 5.74) is 3.78. The highest BCUT2D eigenvalue weighted by Crippen LogP contribution is 2.28. The Kier molecular flexibility index (Phi) is 4.77. The van der Waals surface area contributed by atoms with Crippen molar-refractivity contribution in [2.45, 2.75) is 24.8 Å². The van der Waals surface area contributed by atoms with E-state index in [1.54, 1.807) is 6.92 Å². The van der Waals surface area contributed by atoms with E-state index in [1.165, 1.54) is 11.8 Å². The summed E-state index contributed by atoms with van der Waals surface area (Å²) >= 11 is 1.50. The third-order valence-electron chi connectivity index (χ3n) is 4.33. The molecule has 6 nitrogen and oxygen atoms in total. The number of fused-ring (bicyclic) bond motifs is 2. The molecule has 0 aliphatic heterocycles. The molecule has 3 aromatic heterocycles. The van der Waals surface area contributed by atoms with Gasteiger partial charge in [-0.25, -0.2) is 4.79 Å². The molecule has 7 heteroatoms. The van der Waals surface area contributed by atoms with Crippen molar-refractivity contribution in [1.29, 1.82) is 0 Å². The number of para-hydroxylation sites is 1. The summed E-state index contributed by atoms with van der Waals surface area (Å²) in [7, 11) is 0. The number of carbonyl (C=O) groups is 1. The summed E-state index contributed by atoms with van der Waals surface area (Å²) in [6, 6.07) is 13.6. The highest BCUT2D eigenvalue weighted by atomic mass is 32.2. The summed E-state index contributed by atoms with van der Waals surface area (Å²) in [4.78, 5) is 17.3. The van der Waals surface area contributed by atoms with E-state index in [4.69, 9.17) is 9.72 Å². The maximum atomic E-state index is 12.6. The molecule has 0 saturated carbocycles. The van der Waals surface area contributed by atoms with Gasteiger partial charge in [0.05, 0.1) is 23.4 Å². The Hall–Kier alpha value is -2.93. The van der Waals surface area contributed by atoms with E-state index >= 15 is 0 Å². The number of rotatable bonds is 5. The number of pyridine rings is 2. The Morgan fingerprint density at radius 3 is 2.81 bits per heavy atom. The maximum Gasteiger partial charge on any atom is 0.340 e. The number of esters is 1. The number of hydrogen-bond donors (Lipinski definition) is 0. The van der Waals surface area contributed by atoms with E-state index in [1.807, 2.05) is 60.0 Å². The first-order valence-electron chi connectivity index (χ1n) is 8.67. The average molecular weight is 378 g/mol. The first kappa shape index (κ1) is 17.5. The second kappa shape index (κ2) is 7.36.